The van der Waals surface area contributed by atoms with Crippen molar-refractivity contribution >= 4 is 25.9 Å². The molecule has 1 aliphatic rings. The highest BCUT2D eigenvalue weighted by atomic mass is 28.4. The van der Waals surface area contributed by atoms with Gasteiger partial charge < -0.3 is 9.53 Å². The van der Waals surface area contributed by atoms with Crippen LogP contribution in [0.3, 0.4) is 0 Å². The zero-order valence-corrected chi connectivity index (χ0v) is 18.6. The lowest BCUT2D eigenvalue weighted by molar-refractivity contribution is -0.127. The number of benzene rings is 1. The van der Waals surface area contributed by atoms with Crippen LogP contribution in [0.15, 0.2) is 24.3 Å². The molecule has 1 N–H and O–H groups in total. The average Bonchev–Trinajstić information content (AvgIpc) is 2.83. The Hall–Kier alpha value is -1.83. The molecule has 1 aromatic rings. The van der Waals surface area contributed by atoms with Gasteiger partial charge in [-0.25, -0.2) is 0 Å². The van der Waals surface area contributed by atoms with Gasteiger partial charge in [-0.3, -0.25) is 19.3 Å². The molecule has 0 saturated carbocycles. The van der Waals surface area contributed by atoms with E-state index in [1.54, 1.807) is 31.2 Å². The topological polar surface area (TPSA) is 83.9 Å². The van der Waals surface area contributed by atoms with Crippen molar-refractivity contribution in [2.75, 3.05) is 6.54 Å². The number of hydrogen-bond donors (Lipinski definition) is 1. The van der Waals surface area contributed by atoms with Crippen LogP contribution in [0.5, 0.6) is 0 Å². The van der Waals surface area contributed by atoms with Gasteiger partial charge in [0.1, 0.15) is 6.10 Å². The summed E-state index contributed by atoms with van der Waals surface area (Å²) in [6.45, 7) is 12.3. The molecular weight excluding hydrogens is 374 g/mol. The maximum absolute atomic E-state index is 12.5. The van der Waals surface area contributed by atoms with Gasteiger partial charge in [-0.15, -0.1) is 0 Å². The molecule has 7 heteroatoms. The minimum Gasteiger partial charge on any atom is -0.407 e. The summed E-state index contributed by atoms with van der Waals surface area (Å²) in [5.74, 6) is -0.873. The van der Waals surface area contributed by atoms with E-state index in [0.29, 0.717) is 11.1 Å². The largest absolute Gasteiger partial charge is 0.407 e. The number of Topliss-reactive ketones (excluding diaryl/α,β-unsaturated/α-hetero) is 1. The normalized spacial score (nSPS) is 16.9. The fraction of sp³-hybridized carbons (Fsp3) is 0.571. The van der Waals surface area contributed by atoms with Gasteiger partial charge in [0.2, 0.25) is 0 Å². The van der Waals surface area contributed by atoms with Crippen molar-refractivity contribution in [3.8, 4) is 0 Å². The number of imide groups is 1. The van der Waals surface area contributed by atoms with Gasteiger partial charge in [0.25, 0.3) is 11.8 Å². The molecule has 0 spiro atoms. The molecule has 0 unspecified atom stereocenters. The zero-order chi connectivity index (χ0) is 21.3. The van der Waals surface area contributed by atoms with E-state index in [1.807, 2.05) is 0 Å². The van der Waals surface area contributed by atoms with Crippen LogP contribution in [-0.4, -0.2) is 54.7 Å². The molecule has 2 rings (SSSR count). The van der Waals surface area contributed by atoms with Crippen LogP contribution in [0.25, 0.3) is 0 Å². The van der Waals surface area contributed by atoms with E-state index in [0.717, 1.165) is 4.90 Å². The second-order valence-electron chi connectivity index (χ2n) is 8.94. The Balaban J connectivity index is 1.88. The molecule has 6 nitrogen and oxygen atoms in total. The summed E-state index contributed by atoms with van der Waals surface area (Å²) >= 11 is 0. The maximum Gasteiger partial charge on any atom is 0.261 e. The summed E-state index contributed by atoms with van der Waals surface area (Å²) in [4.78, 5) is 38.3. The third-order valence-electron chi connectivity index (χ3n) is 5.73. The minimum absolute atomic E-state index is 0.00830. The number of carbonyl (C=O) groups is 3. The van der Waals surface area contributed by atoms with Crippen LogP contribution in [0, 0.1) is 0 Å². The van der Waals surface area contributed by atoms with E-state index < -0.39 is 20.5 Å². The second-order valence-corrected chi connectivity index (χ2v) is 13.7. The van der Waals surface area contributed by atoms with E-state index in [9.17, 15) is 19.5 Å². The van der Waals surface area contributed by atoms with Gasteiger partial charge in [0.15, 0.2) is 14.1 Å². The van der Waals surface area contributed by atoms with Crippen LogP contribution >= 0.6 is 0 Å². The number of rotatable bonds is 8. The first kappa shape index (κ1) is 22.5. The molecule has 0 aromatic heterocycles. The Kier molecular flexibility index (Phi) is 6.63. The van der Waals surface area contributed by atoms with Crippen LogP contribution in [-0.2, 0) is 9.22 Å². The lowest BCUT2D eigenvalue weighted by atomic mass is 10.1. The number of amides is 2. The Bertz CT molecular complexity index is 733. The van der Waals surface area contributed by atoms with Crippen LogP contribution < -0.4 is 0 Å². The fourth-order valence-corrected chi connectivity index (χ4v) is 4.27. The number of ketones is 1. The first-order valence-corrected chi connectivity index (χ1v) is 12.6. The summed E-state index contributed by atoms with van der Waals surface area (Å²) in [6.07, 6.45) is -1.42. The van der Waals surface area contributed by atoms with Gasteiger partial charge in [0, 0.05) is 13.0 Å². The van der Waals surface area contributed by atoms with E-state index >= 15 is 0 Å². The zero-order valence-electron chi connectivity index (χ0n) is 17.6. The van der Waals surface area contributed by atoms with Crippen molar-refractivity contribution < 1.29 is 23.9 Å². The van der Waals surface area contributed by atoms with Gasteiger partial charge in [-0.1, -0.05) is 32.9 Å². The Morgan fingerprint density at radius 1 is 1.14 bits per heavy atom. The molecule has 0 radical (unpaired) electrons. The molecule has 1 aliphatic heterocycles. The molecule has 28 heavy (non-hydrogen) atoms. The molecule has 1 aromatic carbocycles. The van der Waals surface area contributed by atoms with Crippen molar-refractivity contribution in [3.63, 3.8) is 0 Å². The quantitative estimate of drug-likeness (QED) is 0.529. The van der Waals surface area contributed by atoms with Gasteiger partial charge in [-0.2, -0.15) is 0 Å². The van der Waals surface area contributed by atoms with Crippen molar-refractivity contribution in [2.24, 2.45) is 0 Å². The van der Waals surface area contributed by atoms with E-state index in [1.165, 1.54) is 0 Å². The standard InChI is InChI=1S/C21H31NO5Si/c1-14(27-28(5,6)21(2,3)4)18(24)13-15(23)11-12-22-19(25)16-9-7-8-10-17(16)20(22)26/h7-10,14-15,23H,11-13H2,1-6H3/t14-,15-/m0/s1. The third kappa shape index (κ3) is 4.77. The first-order valence-electron chi connectivity index (χ1n) is 9.69. The fourth-order valence-electron chi connectivity index (χ4n) is 2.91. The van der Waals surface area contributed by atoms with Crippen LogP contribution in [0.2, 0.25) is 18.1 Å². The molecule has 0 saturated heterocycles. The van der Waals surface area contributed by atoms with Gasteiger partial charge in [-0.05, 0) is 43.6 Å². The SMILES string of the molecule is C[C@H](O[Si](C)(C)C(C)(C)C)C(=O)C[C@@H](O)CCN1C(=O)c2ccccc2C1=O. The van der Waals surface area contributed by atoms with Gasteiger partial charge >= 0.3 is 0 Å². The number of carbonyl (C=O) groups excluding carboxylic acids is 3. The number of hydrogen-bond acceptors (Lipinski definition) is 5. The lowest BCUT2D eigenvalue weighted by Crippen LogP contribution is -2.45. The van der Waals surface area contributed by atoms with Crippen molar-refractivity contribution in [2.45, 2.75) is 70.9 Å². The highest BCUT2D eigenvalue weighted by molar-refractivity contribution is 6.74. The summed E-state index contributed by atoms with van der Waals surface area (Å²) < 4.78 is 6.08. The first-order chi connectivity index (χ1) is 12.8. The summed E-state index contributed by atoms with van der Waals surface area (Å²) in [5, 5.41) is 10.3. The van der Waals surface area contributed by atoms with Gasteiger partial charge in [0.05, 0.1) is 17.2 Å². The predicted molar refractivity (Wildman–Crippen MR) is 110 cm³/mol. The number of aliphatic hydroxyl groups is 1. The van der Waals surface area contributed by atoms with E-state index in [2.05, 4.69) is 33.9 Å². The molecule has 2 amide bonds. The predicted octanol–water partition coefficient (Wildman–Crippen LogP) is 3.40. The minimum atomic E-state index is -2.08. The lowest BCUT2D eigenvalue weighted by Gasteiger charge is -2.38. The highest BCUT2D eigenvalue weighted by Gasteiger charge is 2.40. The number of fused-ring (bicyclic) bond motifs is 1. The molecule has 1 heterocycles. The number of nitrogens with zero attached hydrogens (tertiary/aromatic N) is 1. The molecule has 154 valence electrons. The molecule has 0 fully saturated rings. The maximum atomic E-state index is 12.5. The smallest absolute Gasteiger partial charge is 0.261 e. The van der Waals surface area contributed by atoms with Crippen molar-refractivity contribution in [1.29, 1.82) is 0 Å². The highest BCUT2D eigenvalue weighted by Crippen LogP contribution is 2.37. The Morgan fingerprint density at radius 2 is 1.64 bits per heavy atom. The monoisotopic (exact) mass is 405 g/mol. The third-order valence-corrected chi connectivity index (χ3v) is 10.3. The molecule has 0 aliphatic carbocycles. The van der Waals surface area contributed by atoms with E-state index in [4.69, 9.17) is 4.43 Å². The summed E-state index contributed by atoms with van der Waals surface area (Å²) in [5.41, 5.74) is 0.768. The molecule has 0 bridgehead atoms. The van der Waals surface area contributed by atoms with Crippen molar-refractivity contribution in [3.05, 3.63) is 35.4 Å². The average molecular weight is 406 g/mol. The molecular formula is C21H31NO5Si. The van der Waals surface area contributed by atoms with Crippen LogP contribution in [0.1, 0.15) is 61.3 Å². The van der Waals surface area contributed by atoms with Crippen molar-refractivity contribution in [1.82, 2.24) is 4.90 Å². The van der Waals surface area contributed by atoms with Crippen LogP contribution in [0.4, 0.5) is 0 Å². The molecule has 2 atom stereocenters. The number of aliphatic hydroxyl groups excluding tert-OH is 1. The van der Waals surface area contributed by atoms with E-state index in [-0.39, 0.29) is 42.0 Å². The summed E-state index contributed by atoms with van der Waals surface area (Å²) in [6, 6.07) is 6.67. The Labute approximate surface area is 168 Å². The second kappa shape index (κ2) is 8.27. The summed E-state index contributed by atoms with van der Waals surface area (Å²) in [7, 11) is -2.08. The Morgan fingerprint density at radius 3 is 2.11 bits per heavy atom.